The minimum atomic E-state index is -3.66. The van der Waals surface area contributed by atoms with E-state index < -0.39 is 13.9 Å². The maximum Gasteiger partial charge on any atom is 0.475 e. The van der Waals surface area contributed by atoms with E-state index in [0.717, 1.165) is 5.56 Å². The molecule has 0 N–H and O–H groups in total. The predicted octanol–water partition coefficient (Wildman–Crippen LogP) is 4.40. The highest BCUT2D eigenvalue weighted by atomic mass is 31.2. The molecule has 0 spiro atoms. The zero-order valence-electron chi connectivity index (χ0n) is 12.5. The Morgan fingerprint density at radius 1 is 1.29 bits per heavy atom. The Hall–Kier alpha value is -1.44. The number of benzene rings is 1. The average Bonchev–Trinajstić information content (AvgIpc) is 2.47. The van der Waals surface area contributed by atoms with Crippen LogP contribution in [0.2, 0.25) is 0 Å². The fourth-order valence-corrected chi connectivity index (χ4v) is 2.94. The lowest BCUT2D eigenvalue weighted by atomic mass is 10.1. The summed E-state index contributed by atoms with van der Waals surface area (Å²) in [5, 5.41) is 8.93. The smallest absolute Gasteiger partial charge is 0.287 e. The highest BCUT2D eigenvalue weighted by Gasteiger charge is 2.30. The van der Waals surface area contributed by atoms with Crippen LogP contribution in [-0.2, 0) is 18.1 Å². The molecule has 114 valence electrons. The Kier molecular flexibility index (Phi) is 7.35. The summed E-state index contributed by atoms with van der Waals surface area (Å²) >= 11 is 0. The SMILES string of the molecule is CCOP(=O)(OCC)OC(/C=C(/C)C#N)c1ccccc1. The van der Waals surface area contributed by atoms with Gasteiger partial charge in [-0.2, -0.15) is 5.26 Å². The molecule has 0 bridgehead atoms. The van der Waals surface area contributed by atoms with E-state index in [4.69, 9.17) is 18.8 Å². The van der Waals surface area contributed by atoms with Gasteiger partial charge in [-0.1, -0.05) is 30.3 Å². The molecule has 0 saturated carbocycles. The van der Waals surface area contributed by atoms with Crippen LogP contribution in [0.3, 0.4) is 0 Å². The third-order valence-corrected chi connectivity index (χ3v) is 4.16. The Morgan fingerprint density at radius 3 is 2.33 bits per heavy atom. The van der Waals surface area contributed by atoms with Crippen LogP contribution in [0, 0.1) is 11.3 Å². The number of rotatable bonds is 8. The third kappa shape index (κ3) is 5.82. The monoisotopic (exact) mass is 309 g/mol. The summed E-state index contributed by atoms with van der Waals surface area (Å²) in [7, 11) is -3.66. The molecule has 1 aromatic carbocycles. The molecule has 1 atom stereocenters. The van der Waals surface area contributed by atoms with Crippen molar-refractivity contribution in [1.29, 1.82) is 5.26 Å². The zero-order chi connectivity index (χ0) is 15.7. The maximum absolute atomic E-state index is 12.5. The molecule has 1 unspecified atom stereocenters. The van der Waals surface area contributed by atoms with E-state index in [0.29, 0.717) is 5.57 Å². The molecule has 0 aliphatic rings. The van der Waals surface area contributed by atoms with Crippen molar-refractivity contribution < 1.29 is 18.1 Å². The van der Waals surface area contributed by atoms with Crippen molar-refractivity contribution in [2.75, 3.05) is 13.2 Å². The molecule has 0 amide bonds. The van der Waals surface area contributed by atoms with Crippen LogP contribution in [0.1, 0.15) is 32.4 Å². The summed E-state index contributed by atoms with van der Waals surface area (Å²) in [6.45, 7) is 5.50. The molecule has 0 aliphatic carbocycles. The van der Waals surface area contributed by atoms with Gasteiger partial charge in [-0.25, -0.2) is 4.57 Å². The molecule has 0 aromatic heterocycles. The van der Waals surface area contributed by atoms with E-state index in [1.165, 1.54) is 0 Å². The Balaban J connectivity index is 3.08. The summed E-state index contributed by atoms with van der Waals surface area (Å²) in [6, 6.07) is 11.2. The van der Waals surface area contributed by atoms with Gasteiger partial charge in [0.25, 0.3) is 0 Å². The second kappa shape index (κ2) is 8.76. The summed E-state index contributed by atoms with van der Waals surface area (Å²) < 4.78 is 28.3. The first-order valence-corrected chi connectivity index (χ1v) is 8.21. The van der Waals surface area contributed by atoms with Gasteiger partial charge in [-0.05, 0) is 32.4 Å². The van der Waals surface area contributed by atoms with Crippen molar-refractivity contribution in [3.05, 3.63) is 47.5 Å². The van der Waals surface area contributed by atoms with Gasteiger partial charge in [-0.3, -0.25) is 13.6 Å². The number of nitrogens with zero attached hydrogens (tertiary/aromatic N) is 1. The molecule has 1 rings (SSSR count). The molecule has 0 fully saturated rings. The molecular formula is C15H20NO4P. The van der Waals surface area contributed by atoms with Crippen molar-refractivity contribution in [2.24, 2.45) is 0 Å². The van der Waals surface area contributed by atoms with Crippen molar-refractivity contribution in [1.82, 2.24) is 0 Å². The van der Waals surface area contributed by atoms with Gasteiger partial charge in [0.15, 0.2) is 0 Å². The fraction of sp³-hybridized carbons (Fsp3) is 0.400. The van der Waals surface area contributed by atoms with Crippen molar-refractivity contribution in [3.63, 3.8) is 0 Å². The van der Waals surface area contributed by atoms with E-state index in [9.17, 15) is 4.57 Å². The summed E-state index contributed by atoms with van der Waals surface area (Å²) in [4.78, 5) is 0. The van der Waals surface area contributed by atoms with Gasteiger partial charge in [-0.15, -0.1) is 0 Å². The standard InChI is InChI=1S/C15H20NO4P/c1-4-18-21(17,19-5-2)20-15(11-13(3)12-16)14-9-7-6-8-10-14/h6-11,15H,4-5H2,1-3H3/b13-11-. The normalized spacial score (nSPS) is 13.7. The average molecular weight is 309 g/mol. The zero-order valence-corrected chi connectivity index (χ0v) is 13.4. The van der Waals surface area contributed by atoms with E-state index in [1.54, 1.807) is 26.8 Å². The number of hydrogen-bond acceptors (Lipinski definition) is 5. The summed E-state index contributed by atoms with van der Waals surface area (Å²) in [5.41, 5.74) is 1.23. The Morgan fingerprint density at radius 2 is 1.86 bits per heavy atom. The van der Waals surface area contributed by atoms with Gasteiger partial charge in [0.1, 0.15) is 6.10 Å². The molecule has 0 radical (unpaired) electrons. The van der Waals surface area contributed by atoms with E-state index in [1.807, 2.05) is 36.4 Å². The summed E-state index contributed by atoms with van der Waals surface area (Å²) in [6.07, 6.45) is 0.926. The minimum absolute atomic E-state index is 0.208. The number of nitriles is 1. The third-order valence-electron chi connectivity index (χ3n) is 2.52. The fourth-order valence-electron chi connectivity index (χ4n) is 1.65. The van der Waals surface area contributed by atoms with Crippen LogP contribution in [0.4, 0.5) is 0 Å². The molecule has 0 aliphatic heterocycles. The minimum Gasteiger partial charge on any atom is -0.287 e. The van der Waals surface area contributed by atoms with Gasteiger partial charge < -0.3 is 0 Å². The quantitative estimate of drug-likeness (QED) is 0.526. The van der Waals surface area contributed by atoms with E-state index >= 15 is 0 Å². The van der Waals surface area contributed by atoms with Crippen LogP contribution in [0.15, 0.2) is 42.0 Å². The van der Waals surface area contributed by atoms with Crippen molar-refractivity contribution >= 4 is 7.82 Å². The van der Waals surface area contributed by atoms with Crippen LogP contribution in [0.25, 0.3) is 0 Å². The van der Waals surface area contributed by atoms with E-state index in [2.05, 4.69) is 0 Å². The summed E-state index contributed by atoms with van der Waals surface area (Å²) in [5.74, 6) is 0. The first kappa shape index (κ1) is 17.6. The number of phosphoric acid groups is 1. The maximum atomic E-state index is 12.5. The van der Waals surface area contributed by atoms with Crippen LogP contribution < -0.4 is 0 Å². The second-order valence-electron chi connectivity index (χ2n) is 4.18. The number of allylic oxidation sites excluding steroid dienone is 1. The molecule has 1 aromatic rings. The van der Waals surface area contributed by atoms with E-state index in [-0.39, 0.29) is 13.2 Å². The highest BCUT2D eigenvalue weighted by Crippen LogP contribution is 2.53. The highest BCUT2D eigenvalue weighted by molar-refractivity contribution is 7.48. The first-order chi connectivity index (χ1) is 10.0. The molecule has 6 heteroatoms. The molecule has 0 heterocycles. The van der Waals surface area contributed by atoms with Gasteiger partial charge in [0, 0.05) is 5.57 Å². The number of phosphoric ester groups is 1. The predicted molar refractivity (Wildman–Crippen MR) is 80.5 cm³/mol. The first-order valence-electron chi connectivity index (χ1n) is 6.75. The van der Waals surface area contributed by atoms with Crippen LogP contribution in [0.5, 0.6) is 0 Å². The van der Waals surface area contributed by atoms with Crippen LogP contribution >= 0.6 is 7.82 Å². The lowest BCUT2D eigenvalue weighted by Gasteiger charge is -2.21. The van der Waals surface area contributed by atoms with Gasteiger partial charge >= 0.3 is 7.82 Å². The van der Waals surface area contributed by atoms with Gasteiger partial charge in [0.05, 0.1) is 19.3 Å². The second-order valence-corrected chi connectivity index (χ2v) is 5.80. The largest absolute Gasteiger partial charge is 0.475 e. The Bertz CT molecular complexity index is 541. The van der Waals surface area contributed by atoms with Crippen molar-refractivity contribution in [3.8, 4) is 6.07 Å². The lowest BCUT2D eigenvalue weighted by Crippen LogP contribution is -2.06. The molecule has 21 heavy (non-hydrogen) atoms. The topological polar surface area (TPSA) is 68.6 Å². The lowest BCUT2D eigenvalue weighted by molar-refractivity contribution is 0.101. The molecular weight excluding hydrogens is 289 g/mol. The molecule has 5 nitrogen and oxygen atoms in total. The van der Waals surface area contributed by atoms with Crippen LogP contribution in [-0.4, -0.2) is 13.2 Å². The van der Waals surface area contributed by atoms with Crippen molar-refractivity contribution in [2.45, 2.75) is 26.9 Å². The van der Waals surface area contributed by atoms with Gasteiger partial charge in [0.2, 0.25) is 0 Å². The molecule has 0 saturated heterocycles. The number of hydrogen-bond donors (Lipinski definition) is 0. The Labute approximate surface area is 125 Å².